The molecule has 4 heteroatoms. The zero-order valence-corrected chi connectivity index (χ0v) is 11.6. The van der Waals surface area contributed by atoms with Gasteiger partial charge < -0.3 is 4.74 Å². The summed E-state index contributed by atoms with van der Waals surface area (Å²) in [7, 11) is 1.66. The number of methoxy groups -OCH3 is 1. The molecule has 1 aromatic heterocycles. The molecule has 3 rings (SSSR count). The molecule has 0 saturated heterocycles. The summed E-state index contributed by atoms with van der Waals surface area (Å²) < 4.78 is 5.14. The summed E-state index contributed by atoms with van der Waals surface area (Å²) in [5.41, 5.74) is 2.20. The molecule has 0 aliphatic heterocycles. The fourth-order valence-corrected chi connectivity index (χ4v) is 3.42. The Hall–Kier alpha value is -1.68. The second-order valence-corrected chi connectivity index (χ2v) is 5.77. The maximum Gasteiger partial charge on any atom is 0.174 e. The number of thiazole rings is 1. The number of aryl methyl sites for hydroxylation is 1. The largest absolute Gasteiger partial charge is 0.497 e. The van der Waals surface area contributed by atoms with Crippen molar-refractivity contribution in [3.05, 3.63) is 45.4 Å². The maximum absolute atomic E-state index is 11.8. The van der Waals surface area contributed by atoms with Gasteiger partial charge in [-0.2, -0.15) is 0 Å². The molecule has 0 atom stereocenters. The minimum atomic E-state index is 0.264. The number of nitrogens with zero attached hydrogens (tertiary/aromatic N) is 1. The van der Waals surface area contributed by atoms with Crippen LogP contribution < -0.4 is 4.74 Å². The molecule has 0 bridgehead atoms. The van der Waals surface area contributed by atoms with Gasteiger partial charge in [0.05, 0.1) is 22.7 Å². The van der Waals surface area contributed by atoms with Crippen molar-refractivity contribution >= 4 is 17.1 Å². The average Bonchev–Trinajstić information content (AvgIpc) is 2.84. The van der Waals surface area contributed by atoms with Gasteiger partial charge in [-0.15, -0.1) is 11.3 Å². The van der Waals surface area contributed by atoms with Crippen LogP contribution in [-0.2, 0) is 12.8 Å². The number of Topliss-reactive ketones (excluding diaryl/α,β-unsaturated/α-hetero) is 1. The molecular weight excluding hydrogens is 258 g/mol. The van der Waals surface area contributed by atoms with Crippen molar-refractivity contribution in [2.24, 2.45) is 0 Å². The van der Waals surface area contributed by atoms with E-state index in [1.165, 1.54) is 5.56 Å². The van der Waals surface area contributed by atoms with Crippen LogP contribution >= 0.6 is 11.3 Å². The summed E-state index contributed by atoms with van der Waals surface area (Å²) in [5, 5.41) is 1.03. The summed E-state index contributed by atoms with van der Waals surface area (Å²) in [6.07, 6.45) is 3.35. The van der Waals surface area contributed by atoms with Crippen molar-refractivity contribution in [1.29, 1.82) is 0 Å². The molecule has 2 aromatic rings. The van der Waals surface area contributed by atoms with Crippen molar-refractivity contribution in [2.75, 3.05) is 7.11 Å². The number of benzene rings is 1. The van der Waals surface area contributed by atoms with E-state index in [1.54, 1.807) is 18.4 Å². The molecule has 0 radical (unpaired) electrons. The summed E-state index contributed by atoms with van der Waals surface area (Å²) in [6, 6.07) is 7.99. The highest BCUT2D eigenvalue weighted by Crippen LogP contribution is 2.28. The molecule has 0 N–H and O–H groups in total. The van der Waals surface area contributed by atoms with Crippen LogP contribution in [0.15, 0.2) is 24.3 Å². The van der Waals surface area contributed by atoms with E-state index in [4.69, 9.17) is 4.74 Å². The van der Waals surface area contributed by atoms with Crippen LogP contribution in [0.25, 0.3) is 0 Å². The van der Waals surface area contributed by atoms with Gasteiger partial charge in [0, 0.05) is 12.8 Å². The molecule has 0 amide bonds. The number of carbonyl (C=O) groups excluding carboxylic acids is 1. The molecule has 1 aliphatic carbocycles. The summed E-state index contributed by atoms with van der Waals surface area (Å²) in [5.74, 6) is 1.12. The third-order valence-corrected chi connectivity index (χ3v) is 4.47. The minimum Gasteiger partial charge on any atom is -0.497 e. The van der Waals surface area contributed by atoms with Crippen molar-refractivity contribution < 1.29 is 9.53 Å². The summed E-state index contributed by atoms with van der Waals surface area (Å²) >= 11 is 1.56. The van der Waals surface area contributed by atoms with Gasteiger partial charge in [0.25, 0.3) is 0 Å². The molecule has 19 heavy (non-hydrogen) atoms. The quantitative estimate of drug-likeness (QED) is 0.861. The molecule has 3 nitrogen and oxygen atoms in total. The Morgan fingerprint density at radius 2 is 2.05 bits per heavy atom. The van der Waals surface area contributed by atoms with Crippen LogP contribution in [0.4, 0.5) is 0 Å². The third kappa shape index (κ3) is 2.54. The average molecular weight is 273 g/mol. The highest BCUT2D eigenvalue weighted by Gasteiger charge is 2.21. The predicted molar refractivity (Wildman–Crippen MR) is 75.2 cm³/mol. The Labute approximate surface area is 116 Å². The van der Waals surface area contributed by atoms with E-state index in [2.05, 4.69) is 4.98 Å². The first-order valence-electron chi connectivity index (χ1n) is 6.41. The lowest BCUT2D eigenvalue weighted by molar-refractivity contribution is 0.0976. The van der Waals surface area contributed by atoms with Crippen LogP contribution in [0.2, 0.25) is 0 Å². The predicted octanol–water partition coefficient (Wildman–Crippen LogP) is 3.26. The van der Waals surface area contributed by atoms with Gasteiger partial charge in [-0.25, -0.2) is 4.98 Å². The zero-order valence-electron chi connectivity index (χ0n) is 10.8. The van der Waals surface area contributed by atoms with Crippen molar-refractivity contribution in [2.45, 2.75) is 25.7 Å². The number of ether oxygens (including phenoxy) is 1. The van der Waals surface area contributed by atoms with Crippen LogP contribution in [0, 0.1) is 0 Å². The topological polar surface area (TPSA) is 39.2 Å². The van der Waals surface area contributed by atoms with Crippen molar-refractivity contribution in [3.8, 4) is 5.75 Å². The zero-order chi connectivity index (χ0) is 13.2. The third-order valence-electron chi connectivity index (χ3n) is 3.33. The van der Waals surface area contributed by atoms with Crippen LogP contribution in [-0.4, -0.2) is 17.9 Å². The first-order valence-corrected chi connectivity index (χ1v) is 7.22. The van der Waals surface area contributed by atoms with Crippen molar-refractivity contribution in [1.82, 2.24) is 4.98 Å². The SMILES string of the molecule is COc1ccc(Cc2nc3c(s2)C(=O)CCC3)cc1. The van der Waals surface area contributed by atoms with Gasteiger partial charge in [0.1, 0.15) is 5.75 Å². The molecule has 0 spiro atoms. The number of ketones is 1. The Morgan fingerprint density at radius 3 is 2.74 bits per heavy atom. The Morgan fingerprint density at radius 1 is 1.26 bits per heavy atom. The van der Waals surface area contributed by atoms with Gasteiger partial charge >= 0.3 is 0 Å². The van der Waals surface area contributed by atoms with Gasteiger partial charge in [0.2, 0.25) is 0 Å². The number of carbonyl (C=O) groups is 1. The van der Waals surface area contributed by atoms with Gasteiger partial charge in [-0.05, 0) is 30.5 Å². The molecule has 0 fully saturated rings. The fourth-order valence-electron chi connectivity index (χ4n) is 2.31. The van der Waals surface area contributed by atoms with E-state index in [1.807, 2.05) is 24.3 Å². The number of hydrogen-bond acceptors (Lipinski definition) is 4. The van der Waals surface area contributed by atoms with E-state index < -0.39 is 0 Å². The molecule has 1 aromatic carbocycles. The van der Waals surface area contributed by atoms with Crippen molar-refractivity contribution in [3.63, 3.8) is 0 Å². The molecule has 1 aliphatic rings. The normalized spacial score (nSPS) is 14.3. The lowest BCUT2D eigenvalue weighted by atomic mass is 10.0. The lowest BCUT2D eigenvalue weighted by Crippen LogP contribution is -2.07. The molecule has 1 heterocycles. The highest BCUT2D eigenvalue weighted by atomic mass is 32.1. The molecule has 0 unspecified atom stereocenters. The highest BCUT2D eigenvalue weighted by molar-refractivity contribution is 7.13. The Balaban J connectivity index is 1.81. The van der Waals surface area contributed by atoms with Crippen LogP contribution in [0.1, 0.15) is 38.8 Å². The van der Waals surface area contributed by atoms with Gasteiger partial charge in [-0.3, -0.25) is 4.79 Å². The molecule has 98 valence electrons. The van der Waals surface area contributed by atoms with Gasteiger partial charge in [-0.1, -0.05) is 12.1 Å². The minimum absolute atomic E-state index is 0.264. The Bertz CT molecular complexity index is 601. The number of rotatable bonds is 3. The van der Waals surface area contributed by atoms with E-state index in [-0.39, 0.29) is 5.78 Å². The molecular formula is C15H15NO2S. The smallest absolute Gasteiger partial charge is 0.174 e. The molecule has 0 saturated carbocycles. The second kappa shape index (κ2) is 5.13. The number of hydrogen-bond donors (Lipinski definition) is 0. The maximum atomic E-state index is 11.8. The number of fused-ring (bicyclic) bond motifs is 1. The number of aromatic nitrogens is 1. The first-order chi connectivity index (χ1) is 9.26. The fraction of sp³-hybridized carbons (Fsp3) is 0.333. The Kier molecular flexibility index (Phi) is 3.34. The monoisotopic (exact) mass is 273 g/mol. The first kappa shape index (κ1) is 12.4. The van der Waals surface area contributed by atoms with Gasteiger partial charge in [0.15, 0.2) is 5.78 Å². The second-order valence-electron chi connectivity index (χ2n) is 4.69. The van der Waals surface area contributed by atoms with Crippen LogP contribution in [0.5, 0.6) is 5.75 Å². The van der Waals surface area contributed by atoms with E-state index in [0.29, 0.717) is 6.42 Å². The lowest BCUT2D eigenvalue weighted by Gasteiger charge is -2.06. The van der Waals surface area contributed by atoms with E-state index in [0.717, 1.165) is 40.6 Å². The van der Waals surface area contributed by atoms with Crippen LogP contribution in [0.3, 0.4) is 0 Å². The van der Waals surface area contributed by atoms with E-state index in [9.17, 15) is 4.79 Å². The standard InChI is InChI=1S/C15H15NO2S/c1-18-11-7-5-10(6-8-11)9-14-16-12-3-2-4-13(17)15(12)19-14/h5-8H,2-4,9H2,1H3. The summed E-state index contributed by atoms with van der Waals surface area (Å²) in [6.45, 7) is 0. The summed E-state index contributed by atoms with van der Waals surface area (Å²) in [4.78, 5) is 17.3. The van der Waals surface area contributed by atoms with E-state index >= 15 is 0 Å².